The number of methoxy groups -OCH3 is 1. The number of halogens is 1. The molecule has 0 aliphatic carbocycles. The van der Waals surface area contributed by atoms with Gasteiger partial charge in [-0.25, -0.2) is 5.48 Å². The second-order valence-electron chi connectivity index (χ2n) is 3.17. The largest absolute Gasteiger partial charge is 0.382 e. The van der Waals surface area contributed by atoms with E-state index < -0.39 is 10.8 Å². The highest BCUT2D eigenvalue weighted by molar-refractivity contribution is 9.10. The average Bonchev–Trinajstić information content (AvgIpc) is 2.34. The third-order valence-corrected chi connectivity index (χ3v) is 2.81. The Morgan fingerprint density at radius 3 is 2.83 bits per heavy atom. The van der Waals surface area contributed by atoms with E-state index in [0.29, 0.717) is 6.61 Å². The number of carbonyl (C=O) groups excluding carboxylic acids is 1. The number of benzene rings is 1. The quantitative estimate of drug-likeness (QED) is 0.489. The van der Waals surface area contributed by atoms with Crippen molar-refractivity contribution in [1.29, 1.82) is 0 Å². The van der Waals surface area contributed by atoms with Crippen molar-refractivity contribution in [2.45, 2.75) is 0 Å². The first-order chi connectivity index (χ1) is 8.57. The van der Waals surface area contributed by atoms with Crippen molar-refractivity contribution < 1.29 is 19.3 Å². The van der Waals surface area contributed by atoms with Gasteiger partial charge in [-0.1, -0.05) is 6.07 Å². The number of rotatable bonds is 6. The van der Waals surface area contributed by atoms with Gasteiger partial charge >= 0.3 is 0 Å². The number of nitrogens with zero attached hydrogens (tertiary/aromatic N) is 1. The minimum Gasteiger partial charge on any atom is -0.382 e. The predicted molar refractivity (Wildman–Crippen MR) is 66.1 cm³/mol. The van der Waals surface area contributed by atoms with Gasteiger partial charge in [0.05, 0.1) is 23.7 Å². The molecule has 0 spiro atoms. The number of hydrogen-bond acceptors (Lipinski definition) is 5. The smallest absolute Gasteiger partial charge is 0.284 e. The SMILES string of the molecule is COCCONC(=O)c1cccc([N+](=O)[O-])c1Br. The maximum atomic E-state index is 11.7. The monoisotopic (exact) mass is 318 g/mol. The van der Waals surface area contributed by atoms with Crippen molar-refractivity contribution >= 4 is 27.5 Å². The van der Waals surface area contributed by atoms with Crippen LogP contribution in [-0.2, 0) is 9.57 Å². The van der Waals surface area contributed by atoms with Gasteiger partial charge in [0, 0.05) is 13.2 Å². The molecule has 1 amide bonds. The van der Waals surface area contributed by atoms with Crippen LogP contribution in [0.1, 0.15) is 10.4 Å². The van der Waals surface area contributed by atoms with Gasteiger partial charge in [-0.05, 0) is 22.0 Å². The third kappa shape index (κ3) is 3.76. The molecule has 98 valence electrons. The lowest BCUT2D eigenvalue weighted by atomic mass is 10.2. The Hall–Kier alpha value is -1.51. The maximum absolute atomic E-state index is 11.7. The second-order valence-corrected chi connectivity index (χ2v) is 3.96. The van der Waals surface area contributed by atoms with E-state index in [0.717, 1.165) is 0 Å². The Bertz CT molecular complexity index is 452. The first kappa shape index (κ1) is 14.6. The van der Waals surface area contributed by atoms with Crippen LogP contribution in [-0.4, -0.2) is 31.2 Å². The number of nitro benzene ring substituents is 1. The summed E-state index contributed by atoms with van der Waals surface area (Å²) < 4.78 is 4.84. The number of nitrogens with one attached hydrogen (secondary N) is 1. The minimum absolute atomic E-state index is 0.114. The molecule has 0 saturated heterocycles. The zero-order chi connectivity index (χ0) is 13.5. The molecule has 0 fully saturated rings. The molecule has 1 rings (SSSR count). The summed E-state index contributed by atoms with van der Waals surface area (Å²) in [7, 11) is 1.50. The fourth-order valence-corrected chi connectivity index (χ4v) is 1.72. The van der Waals surface area contributed by atoms with Gasteiger partial charge in [0.1, 0.15) is 4.47 Å². The zero-order valence-electron chi connectivity index (χ0n) is 9.51. The van der Waals surface area contributed by atoms with Crippen molar-refractivity contribution in [2.75, 3.05) is 20.3 Å². The van der Waals surface area contributed by atoms with Crippen molar-refractivity contribution in [2.24, 2.45) is 0 Å². The first-order valence-electron chi connectivity index (χ1n) is 4.92. The lowest BCUT2D eigenvalue weighted by molar-refractivity contribution is -0.385. The molecule has 0 aliphatic heterocycles. The molecule has 0 radical (unpaired) electrons. The van der Waals surface area contributed by atoms with Crippen LogP contribution >= 0.6 is 15.9 Å². The van der Waals surface area contributed by atoms with Gasteiger partial charge in [-0.15, -0.1) is 0 Å². The summed E-state index contributed by atoms with van der Waals surface area (Å²) in [6.45, 7) is 0.519. The summed E-state index contributed by atoms with van der Waals surface area (Å²) in [5.41, 5.74) is 2.11. The Morgan fingerprint density at radius 2 is 2.22 bits per heavy atom. The summed E-state index contributed by atoms with van der Waals surface area (Å²) in [6, 6.07) is 4.17. The van der Waals surface area contributed by atoms with E-state index in [1.807, 2.05) is 0 Å². The van der Waals surface area contributed by atoms with Crippen molar-refractivity contribution in [3.8, 4) is 0 Å². The standard InChI is InChI=1S/C10H11BrN2O5/c1-17-5-6-18-12-10(14)7-3-2-4-8(9(7)11)13(15)16/h2-4H,5-6H2,1H3,(H,12,14). The Labute approximate surface area is 111 Å². The summed E-state index contributed by atoms with van der Waals surface area (Å²) in [6.07, 6.45) is 0. The Balaban J connectivity index is 2.74. The molecular formula is C10H11BrN2O5. The molecule has 1 aromatic carbocycles. The summed E-state index contributed by atoms with van der Waals surface area (Å²) in [5, 5.41) is 10.7. The first-order valence-corrected chi connectivity index (χ1v) is 5.71. The molecule has 1 aromatic rings. The molecule has 0 atom stereocenters. The Kier molecular flexibility index (Phi) is 5.69. The van der Waals surface area contributed by atoms with Gasteiger partial charge in [-0.3, -0.25) is 19.7 Å². The molecule has 0 saturated carbocycles. The molecular weight excluding hydrogens is 308 g/mol. The Morgan fingerprint density at radius 1 is 1.50 bits per heavy atom. The fraction of sp³-hybridized carbons (Fsp3) is 0.300. The molecule has 0 aliphatic rings. The van der Waals surface area contributed by atoms with Crippen LogP contribution in [0.4, 0.5) is 5.69 Å². The van der Waals surface area contributed by atoms with Crippen LogP contribution in [0.3, 0.4) is 0 Å². The van der Waals surface area contributed by atoms with Gasteiger partial charge < -0.3 is 4.74 Å². The van der Waals surface area contributed by atoms with Crippen LogP contribution in [0, 0.1) is 10.1 Å². The predicted octanol–water partition coefficient (Wildman–Crippen LogP) is 1.67. The maximum Gasteiger partial charge on any atom is 0.284 e. The van der Waals surface area contributed by atoms with Crippen LogP contribution in [0.5, 0.6) is 0 Å². The molecule has 18 heavy (non-hydrogen) atoms. The summed E-state index contributed by atoms with van der Waals surface area (Å²) in [5.74, 6) is -0.568. The van der Waals surface area contributed by atoms with Crippen LogP contribution < -0.4 is 5.48 Å². The number of hydroxylamine groups is 1. The van der Waals surface area contributed by atoms with Crippen molar-refractivity contribution in [3.63, 3.8) is 0 Å². The van der Waals surface area contributed by atoms with E-state index in [-0.39, 0.29) is 22.3 Å². The number of amides is 1. The van der Waals surface area contributed by atoms with E-state index in [4.69, 9.17) is 9.57 Å². The van der Waals surface area contributed by atoms with E-state index in [1.165, 1.54) is 25.3 Å². The molecule has 0 aromatic heterocycles. The minimum atomic E-state index is -0.577. The van der Waals surface area contributed by atoms with Crippen molar-refractivity contribution in [1.82, 2.24) is 5.48 Å². The van der Waals surface area contributed by atoms with E-state index in [2.05, 4.69) is 21.4 Å². The highest BCUT2D eigenvalue weighted by Gasteiger charge is 2.19. The molecule has 8 heteroatoms. The summed E-state index contributed by atoms with van der Waals surface area (Å²) in [4.78, 5) is 26.6. The lowest BCUT2D eigenvalue weighted by Crippen LogP contribution is -2.25. The van der Waals surface area contributed by atoms with Crippen LogP contribution in [0.25, 0.3) is 0 Å². The van der Waals surface area contributed by atoms with Gasteiger partial charge in [0.2, 0.25) is 0 Å². The van der Waals surface area contributed by atoms with E-state index in [9.17, 15) is 14.9 Å². The molecule has 0 unspecified atom stereocenters. The molecule has 0 heterocycles. The van der Waals surface area contributed by atoms with Crippen molar-refractivity contribution in [3.05, 3.63) is 38.3 Å². The average molecular weight is 319 g/mol. The molecule has 7 nitrogen and oxygen atoms in total. The number of carbonyl (C=O) groups is 1. The number of hydrogen-bond donors (Lipinski definition) is 1. The molecule has 0 bridgehead atoms. The highest BCUT2D eigenvalue weighted by atomic mass is 79.9. The van der Waals surface area contributed by atoms with Gasteiger partial charge in [0.15, 0.2) is 0 Å². The number of ether oxygens (including phenoxy) is 1. The zero-order valence-corrected chi connectivity index (χ0v) is 11.1. The summed E-state index contributed by atoms with van der Waals surface area (Å²) >= 11 is 3.02. The highest BCUT2D eigenvalue weighted by Crippen LogP contribution is 2.28. The third-order valence-electron chi connectivity index (χ3n) is 1.97. The van der Waals surface area contributed by atoms with Crippen LogP contribution in [0.2, 0.25) is 0 Å². The van der Waals surface area contributed by atoms with Gasteiger partial charge in [0.25, 0.3) is 11.6 Å². The number of nitro groups is 1. The fourth-order valence-electron chi connectivity index (χ4n) is 1.13. The second kappa shape index (κ2) is 7.04. The topological polar surface area (TPSA) is 90.7 Å². The normalized spacial score (nSPS) is 10.1. The van der Waals surface area contributed by atoms with E-state index in [1.54, 1.807) is 0 Å². The van der Waals surface area contributed by atoms with Crippen LogP contribution in [0.15, 0.2) is 22.7 Å². The van der Waals surface area contributed by atoms with Gasteiger partial charge in [-0.2, -0.15) is 0 Å². The van der Waals surface area contributed by atoms with E-state index >= 15 is 0 Å². The molecule has 1 N–H and O–H groups in total. The lowest BCUT2D eigenvalue weighted by Gasteiger charge is -2.06.